The maximum absolute atomic E-state index is 11.4. The summed E-state index contributed by atoms with van der Waals surface area (Å²) in [7, 11) is 0. The number of rotatable bonds is 3. The highest BCUT2D eigenvalue weighted by Gasteiger charge is 2.19. The predicted octanol–water partition coefficient (Wildman–Crippen LogP) is 2.84. The van der Waals surface area contributed by atoms with Gasteiger partial charge in [0.25, 0.3) is 5.69 Å². The molecule has 0 saturated carbocycles. The molecule has 2 N–H and O–H groups in total. The zero-order valence-electron chi connectivity index (χ0n) is 10.6. The number of fused-ring (bicyclic) bond motifs is 1. The van der Waals surface area contributed by atoms with Gasteiger partial charge in [-0.25, -0.2) is 4.79 Å². The summed E-state index contributed by atoms with van der Waals surface area (Å²) in [5, 5.41) is 20.0. The zero-order valence-corrected chi connectivity index (χ0v) is 10.6. The van der Waals surface area contributed by atoms with Crippen molar-refractivity contribution in [3.8, 4) is 11.1 Å². The molecular weight excluding hydrogens is 274 g/mol. The number of nitro benzene ring substituents is 1. The van der Waals surface area contributed by atoms with E-state index in [9.17, 15) is 20.0 Å². The van der Waals surface area contributed by atoms with Crippen LogP contribution >= 0.6 is 0 Å². The molecule has 0 aliphatic heterocycles. The summed E-state index contributed by atoms with van der Waals surface area (Å²) in [6, 6.07) is 9.13. The maximum Gasteiger partial charge on any atom is 0.353 e. The molecule has 1 aromatic carbocycles. The number of aromatic carboxylic acids is 1. The lowest BCUT2D eigenvalue weighted by Crippen LogP contribution is -1.99. The van der Waals surface area contributed by atoms with Crippen molar-refractivity contribution in [2.75, 3.05) is 0 Å². The third kappa shape index (κ3) is 2.10. The normalized spacial score (nSPS) is 10.7. The summed E-state index contributed by atoms with van der Waals surface area (Å²) in [6.07, 6.45) is 1.57. The molecule has 0 unspecified atom stereocenters. The summed E-state index contributed by atoms with van der Waals surface area (Å²) >= 11 is 0. The molecule has 21 heavy (non-hydrogen) atoms. The molecule has 3 rings (SSSR count). The van der Waals surface area contributed by atoms with Gasteiger partial charge >= 0.3 is 5.97 Å². The number of hydrogen-bond donors (Lipinski definition) is 2. The summed E-state index contributed by atoms with van der Waals surface area (Å²) in [4.78, 5) is 28.5. The van der Waals surface area contributed by atoms with Crippen LogP contribution < -0.4 is 0 Å². The van der Waals surface area contributed by atoms with E-state index in [4.69, 9.17) is 0 Å². The van der Waals surface area contributed by atoms with E-state index in [1.165, 1.54) is 24.3 Å². The fourth-order valence-corrected chi connectivity index (χ4v) is 2.21. The van der Waals surface area contributed by atoms with Gasteiger partial charge in [0.15, 0.2) is 0 Å². The second-order valence-electron chi connectivity index (χ2n) is 4.38. The summed E-state index contributed by atoms with van der Waals surface area (Å²) < 4.78 is 0. The fourth-order valence-electron chi connectivity index (χ4n) is 2.21. The van der Waals surface area contributed by atoms with E-state index in [-0.39, 0.29) is 11.4 Å². The molecule has 0 amide bonds. The first-order chi connectivity index (χ1) is 10.1. The van der Waals surface area contributed by atoms with Crippen molar-refractivity contribution in [1.82, 2.24) is 9.97 Å². The van der Waals surface area contributed by atoms with Crippen molar-refractivity contribution in [1.29, 1.82) is 0 Å². The van der Waals surface area contributed by atoms with Gasteiger partial charge in [0.1, 0.15) is 5.69 Å². The van der Waals surface area contributed by atoms with Crippen molar-refractivity contribution in [3.05, 3.63) is 58.4 Å². The first-order valence-corrected chi connectivity index (χ1v) is 6.03. The second-order valence-corrected chi connectivity index (χ2v) is 4.38. The lowest BCUT2D eigenvalue weighted by molar-refractivity contribution is -0.384. The van der Waals surface area contributed by atoms with E-state index >= 15 is 0 Å². The van der Waals surface area contributed by atoms with Crippen LogP contribution in [0.1, 0.15) is 10.5 Å². The van der Waals surface area contributed by atoms with E-state index in [2.05, 4.69) is 9.97 Å². The first-order valence-electron chi connectivity index (χ1n) is 6.03. The molecule has 0 spiro atoms. The minimum Gasteiger partial charge on any atom is -0.477 e. The van der Waals surface area contributed by atoms with Crippen molar-refractivity contribution in [2.45, 2.75) is 0 Å². The van der Waals surface area contributed by atoms with E-state index in [0.717, 1.165) is 0 Å². The quantitative estimate of drug-likeness (QED) is 0.567. The van der Waals surface area contributed by atoms with Gasteiger partial charge in [0, 0.05) is 23.9 Å². The average Bonchev–Trinajstić information content (AvgIpc) is 2.87. The minimum atomic E-state index is -1.11. The first kappa shape index (κ1) is 12.8. The molecule has 7 heteroatoms. The van der Waals surface area contributed by atoms with Crippen molar-refractivity contribution >= 4 is 22.7 Å². The van der Waals surface area contributed by atoms with Gasteiger partial charge in [-0.2, -0.15) is 0 Å². The Morgan fingerprint density at radius 1 is 1.24 bits per heavy atom. The average molecular weight is 283 g/mol. The van der Waals surface area contributed by atoms with Crippen LogP contribution in [0.25, 0.3) is 22.2 Å². The van der Waals surface area contributed by atoms with Gasteiger partial charge in [-0.1, -0.05) is 0 Å². The van der Waals surface area contributed by atoms with Gasteiger partial charge in [-0.3, -0.25) is 15.1 Å². The number of non-ortho nitro benzene ring substituents is 1. The number of nitro groups is 1. The summed E-state index contributed by atoms with van der Waals surface area (Å²) in [6.45, 7) is 0. The molecule has 0 radical (unpaired) electrons. The number of carboxylic acids is 1. The summed E-state index contributed by atoms with van der Waals surface area (Å²) in [5.74, 6) is -1.11. The van der Waals surface area contributed by atoms with Gasteiger partial charge in [-0.05, 0) is 29.8 Å². The highest BCUT2D eigenvalue weighted by atomic mass is 16.6. The SMILES string of the molecule is O=C(O)c1[nH]c2cccnc2c1-c1ccc([N+](=O)[O-])cc1. The van der Waals surface area contributed by atoms with E-state index in [0.29, 0.717) is 22.2 Å². The van der Waals surface area contributed by atoms with Gasteiger partial charge < -0.3 is 10.1 Å². The second kappa shape index (κ2) is 4.71. The molecular formula is C14H9N3O4. The number of H-pyrrole nitrogens is 1. The molecule has 2 aromatic heterocycles. The van der Waals surface area contributed by atoms with E-state index in [1.54, 1.807) is 18.3 Å². The van der Waals surface area contributed by atoms with Crippen LogP contribution in [0.3, 0.4) is 0 Å². The topological polar surface area (TPSA) is 109 Å². The third-order valence-electron chi connectivity index (χ3n) is 3.13. The van der Waals surface area contributed by atoms with Crippen molar-refractivity contribution in [2.24, 2.45) is 0 Å². The van der Waals surface area contributed by atoms with E-state index in [1.807, 2.05) is 0 Å². The lowest BCUT2D eigenvalue weighted by atomic mass is 10.0. The van der Waals surface area contributed by atoms with Crippen LogP contribution in [0, 0.1) is 10.1 Å². The molecule has 104 valence electrons. The number of carbonyl (C=O) groups is 1. The molecule has 3 aromatic rings. The number of aromatic amines is 1. The Hall–Kier alpha value is -3.22. The lowest BCUT2D eigenvalue weighted by Gasteiger charge is -2.01. The Balaban J connectivity index is 2.25. The van der Waals surface area contributed by atoms with Gasteiger partial charge in [0.05, 0.1) is 16.0 Å². The number of pyridine rings is 1. The number of nitrogens with zero attached hydrogens (tertiary/aromatic N) is 2. The number of carboxylic acid groups (broad SMARTS) is 1. The maximum atomic E-state index is 11.4. The Labute approximate surface area is 118 Å². The van der Waals surface area contributed by atoms with E-state index < -0.39 is 10.9 Å². The van der Waals surface area contributed by atoms with Crippen molar-refractivity contribution < 1.29 is 14.8 Å². The molecule has 0 fully saturated rings. The highest BCUT2D eigenvalue weighted by molar-refractivity contribution is 6.05. The molecule has 7 nitrogen and oxygen atoms in total. The Kier molecular flexibility index (Phi) is 2.87. The standard InChI is InChI=1S/C14H9N3O4/c18-14(19)13-11(12-10(16-13)2-1-7-15-12)8-3-5-9(6-4-8)17(20)21/h1-7,16H,(H,18,19). The Bertz CT molecular complexity index is 852. The molecule has 2 heterocycles. The smallest absolute Gasteiger partial charge is 0.353 e. The number of aromatic nitrogens is 2. The van der Waals surface area contributed by atoms with Crippen LogP contribution in [-0.4, -0.2) is 26.0 Å². The van der Waals surface area contributed by atoms with Crippen LogP contribution in [0.15, 0.2) is 42.6 Å². The Morgan fingerprint density at radius 3 is 2.57 bits per heavy atom. The summed E-state index contributed by atoms with van der Waals surface area (Å²) in [5.41, 5.74) is 2.06. The molecule has 0 saturated heterocycles. The molecule has 0 aliphatic carbocycles. The van der Waals surface area contributed by atoms with Gasteiger partial charge in [0.2, 0.25) is 0 Å². The zero-order chi connectivity index (χ0) is 15.0. The van der Waals surface area contributed by atoms with Crippen LogP contribution in [0.5, 0.6) is 0 Å². The molecule has 0 aliphatic rings. The molecule has 0 atom stereocenters. The predicted molar refractivity (Wildman–Crippen MR) is 75.1 cm³/mol. The van der Waals surface area contributed by atoms with Crippen LogP contribution in [-0.2, 0) is 0 Å². The monoisotopic (exact) mass is 283 g/mol. The fraction of sp³-hybridized carbons (Fsp3) is 0. The highest BCUT2D eigenvalue weighted by Crippen LogP contribution is 2.32. The van der Waals surface area contributed by atoms with Crippen molar-refractivity contribution in [3.63, 3.8) is 0 Å². The number of benzene rings is 1. The Morgan fingerprint density at radius 2 is 1.95 bits per heavy atom. The third-order valence-corrected chi connectivity index (χ3v) is 3.13. The molecule has 0 bridgehead atoms. The minimum absolute atomic E-state index is 0.0116. The van der Waals surface area contributed by atoms with Gasteiger partial charge in [-0.15, -0.1) is 0 Å². The largest absolute Gasteiger partial charge is 0.477 e. The number of hydrogen-bond acceptors (Lipinski definition) is 4. The number of nitrogens with one attached hydrogen (secondary N) is 1. The van der Waals surface area contributed by atoms with Crippen LogP contribution in [0.4, 0.5) is 5.69 Å². The van der Waals surface area contributed by atoms with Crippen LogP contribution in [0.2, 0.25) is 0 Å².